The van der Waals surface area contributed by atoms with Crippen molar-refractivity contribution < 1.29 is 14.6 Å². The number of hydrogen-bond acceptors (Lipinski definition) is 4. The first-order valence-corrected chi connectivity index (χ1v) is 8.67. The highest BCUT2D eigenvalue weighted by atomic mass is 16.5. The third-order valence-corrected chi connectivity index (χ3v) is 4.32. The van der Waals surface area contributed by atoms with Crippen LogP contribution in [0.5, 0.6) is 5.75 Å². The number of pyridine rings is 1. The summed E-state index contributed by atoms with van der Waals surface area (Å²) in [6.45, 7) is 4.11. The summed E-state index contributed by atoms with van der Waals surface area (Å²) >= 11 is 0. The maximum absolute atomic E-state index is 12.3. The van der Waals surface area contributed by atoms with Crippen molar-refractivity contribution >= 4 is 5.91 Å². The second kappa shape index (κ2) is 7.66. The van der Waals surface area contributed by atoms with E-state index in [1.807, 2.05) is 56.4 Å². The molecule has 2 N–H and O–H groups in total. The molecule has 2 aromatic rings. The minimum atomic E-state index is -0.754. The summed E-state index contributed by atoms with van der Waals surface area (Å²) in [7, 11) is 0. The van der Waals surface area contributed by atoms with E-state index in [0.717, 1.165) is 23.3 Å². The molecule has 3 unspecified atom stereocenters. The van der Waals surface area contributed by atoms with E-state index in [-0.39, 0.29) is 30.4 Å². The van der Waals surface area contributed by atoms with E-state index in [4.69, 9.17) is 4.74 Å². The molecule has 1 saturated carbocycles. The van der Waals surface area contributed by atoms with Gasteiger partial charge in [0.15, 0.2) is 0 Å². The molecule has 0 bridgehead atoms. The molecule has 1 fully saturated rings. The van der Waals surface area contributed by atoms with E-state index in [1.54, 1.807) is 6.20 Å². The lowest BCUT2D eigenvalue weighted by Gasteiger charge is -2.15. The number of carbonyl (C=O) groups excluding carboxylic acids is 1. The third kappa shape index (κ3) is 4.57. The fourth-order valence-corrected chi connectivity index (χ4v) is 2.96. The highest BCUT2D eigenvalue weighted by Gasteiger charge is 2.43. The van der Waals surface area contributed by atoms with Gasteiger partial charge in [-0.2, -0.15) is 0 Å². The summed E-state index contributed by atoms with van der Waals surface area (Å²) in [5.74, 6) is 0.930. The second-order valence-corrected chi connectivity index (χ2v) is 6.74. The third-order valence-electron chi connectivity index (χ3n) is 4.32. The number of hydrogen-bond donors (Lipinski definition) is 2. The molecule has 0 aliphatic heterocycles. The molecule has 0 saturated heterocycles. The Morgan fingerprint density at radius 1 is 1.36 bits per heavy atom. The van der Waals surface area contributed by atoms with Gasteiger partial charge in [0.05, 0.1) is 12.2 Å². The van der Waals surface area contributed by atoms with Crippen LogP contribution in [0.2, 0.25) is 0 Å². The first kappa shape index (κ1) is 17.4. The Hall–Kier alpha value is -2.40. The molecule has 5 heteroatoms. The van der Waals surface area contributed by atoms with Gasteiger partial charge in [0.25, 0.3) is 0 Å². The van der Waals surface area contributed by atoms with E-state index in [0.29, 0.717) is 0 Å². The van der Waals surface area contributed by atoms with E-state index >= 15 is 0 Å². The van der Waals surface area contributed by atoms with E-state index in [2.05, 4.69) is 10.3 Å². The van der Waals surface area contributed by atoms with Crippen LogP contribution in [0.25, 0.3) is 0 Å². The van der Waals surface area contributed by atoms with Crippen molar-refractivity contribution in [3.63, 3.8) is 0 Å². The monoisotopic (exact) mass is 340 g/mol. The van der Waals surface area contributed by atoms with E-state index in [9.17, 15) is 9.90 Å². The van der Waals surface area contributed by atoms with Crippen LogP contribution in [0.1, 0.15) is 43.4 Å². The highest BCUT2D eigenvalue weighted by Crippen LogP contribution is 2.47. The number of carbonyl (C=O) groups is 1. The van der Waals surface area contributed by atoms with Gasteiger partial charge in [-0.1, -0.05) is 18.2 Å². The molecule has 5 nitrogen and oxygen atoms in total. The minimum Gasteiger partial charge on any atom is -0.491 e. The largest absolute Gasteiger partial charge is 0.491 e. The number of aromatic nitrogens is 1. The molecule has 1 amide bonds. The van der Waals surface area contributed by atoms with Crippen LogP contribution in [0, 0.1) is 5.92 Å². The number of nitrogens with zero attached hydrogens (tertiary/aromatic N) is 1. The highest BCUT2D eigenvalue weighted by molar-refractivity contribution is 5.82. The Labute approximate surface area is 148 Å². The molecule has 132 valence electrons. The number of ether oxygens (including phenoxy) is 1. The summed E-state index contributed by atoms with van der Waals surface area (Å²) < 4.78 is 5.64. The molecular weight excluding hydrogens is 316 g/mol. The number of benzene rings is 1. The van der Waals surface area contributed by atoms with Gasteiger partial charge in [0, 0.05) is 24.9 Å². The van der Waals surface area contributed by atoms with Crippen LogP contribution in [0.3, 0.4) is 0 Å². The minimum absolute atomic E-state index is 0.0116. The fraction of sp³-hybridized carbons (Fsp3) is 0.400. The standard InChI is InChI=1S/C20H24N2O3/c1-13(2)25-16-7-3-5-14(9-16)19(23)12-22-20(24)18-10-17(18)15-6-4-8-21-11-15/h3-9,11,13,17-19,23H,10,12H2,1-2H3,(H,22,24). The molecular formula is C20H24N2O3. The first-order chi connectivity index (χ1) is 12.0. The average molecular weight is 340 g/mol. The second-order valence-electron chi connectivity index (χ2n) is 6.74. The SMILES string of the molecule is CC(C)Oc1cccc(C(O)CNC(=O)C2CC2c2cccnc2)c1. The Balaban J connectivity index is 1.51. The lowest BCUT2D eigenvalue weighted by molar-refractivity contribution is -0.122. The zero-order valence-electron chi connectivity index (χ0n) is 14.6. The van der Waals surface area contributed by atoms with Crippen molar-refractivity contribution in [2.45, 2.75) is 38.4 Å². The predicted molar refractivity (Wildman–Crippen MR) is 95.3 cm³/mol. The van der Waals surface area contributed by atoms with Gasteiger partial charge in [0.1, 0.15) is 5.75 Å². The molecule has 3 atom stereocenters. The zero-order valence-corrected chi connectivity index (χ0v) is 14.6. The van der Waals surface area contributed by atoms with Crippen molar-refractivity contribution in [1.29, 1.82) is 0 Å². The van der Waals surface area contributed by atoms with E-state index in [1.165, 1.54) is 0 Å². The lowest BCUT2D eigenvalue weighted by atomic mass is 10.1. The Kier molecular flexibility index (Phi) is 5.34. The average Bonchev–Trinajstić information content (AvgIpc) is 3.40. The summed E-state index contributed by atoms with van der Waals surface area (Å²) in [6, 6.07) is 11.2. The van der Waals surface area contributed by atoms with Gasteiger partial charge in [0.2, 0.25) is 5.91 Å². The van der Waals surface area contributed by atoms with Crippen molar-refractivity contribution in [1.82, 2.24) is 10.3 Å². The van der Waals surface area contributed by atoms with Crippen LogP contribution in [-0.2, 0) is 4.79 Å². The maximum atomic E-state index is 12.3. The van der Waals surface area contributed by atoms with Gasteiger partial charge in [-0.05, 0) is 55.5 Å². The number of amides is 1. The van der Waals surface area contributed by atoms with Crippen LogP contribution in [0.15, 0.2) is 48.8 Å². The van der Waals surface area contributed by atoms with Crippen molar-refractivity contribution in [2.75, 3.05) is 6.54 Å². The van der Waals surface area contributed by atoms with Crippen LogP contribution >= 0.6 is 0 Å². The smallest absolute Gasteiger partial charge is 0.223 e. The molecule has 1 aromatic heterocycles. The first-order valence-electron chi connectivity index (χ1n) is 8.67. The number of aliphatic hydroxyl groups excluding tert-OH is 1. The Morgan fingerprint density at radius 2 is 2.20 bits per heavy atom. The van der Waals surface area contributed by atoms with Gasteiger partial charge in [-0.3, -0.25) is 9.78 Å². The lowest BCUT2D eigenvalue weighted by Crippen LogP contribution is -2.30. The molecule has 1 aliphatic rings. The number of nitrogens with one attached hydrogen (secondary N) is 1. The number of aliphatic hydroxyl groups is 1. The summed E-state index contributed by atoms with van der Waals surface area (Å²) in [4.78, 5) is 16.4. The quantitative estimate of drug-likeness (QED) is 0.813. The van der Waals surface area contributed by atoms with Crippen LogP contribution in [0.4, 0.5) is 0 Å². The Bertz CT molecular complexity index is 718. The summed E-state index contributed by atoms with van der Waals surface area (Å²) in [5.41, 5.74) is 1.83. The van der Waals surface area contributed by atoms with Gasteiger partial charge >= 0.3 is 0 Å². The normalized spacial score (nSPS) is 20.2. The molecule has 0 spiro atoms. The van der Waals surface area contributed by atoms with Crippen molar-refractivity contribution in [2.24, 2.45) is 5.92 Å². The van der Waals surface area contributed by atoms with Crippen molar-refractivity contribution in [3.05, 3.63) is 59.9 Å². The van der Waals surface area contributed by atoms with Gasteiger partial charge in [-0.25, -0.2) is 0 Å². The molecule has 0 radical (unpaired) electrons. The van der Waals surface area contributed by atoms with Gasteiger partial charge < -0.3 is 15.2 Å². The zero-order chi connectivity index (χ0) is 17.8. The topological polar surface area (TPSA) is 71.5 Å². The van der Waals surface area contributed by atoms with Gasteiger partial charge in [-0.15, -0.1) is 0 Å². The molecule has 25 heavy (non-hydrogen) atoms. The predicted octanol–water partition coefficient (Wildman–Crippen LogP) is 2.82. The summed E-state index contributed by atoms with van der Waals surface area (Å²) in [6.07, 6.45) is 3.70. The van der Waals surface area contributed by atoms with Crippen LogP contribution < -0.4 is 10.1 Å². The Morgan fingerprint density at radius 3 is 2.92 bits per heavy atom. The molecule has 1 aromatic carbocycles. The molecule has 1 heterocycles. The van der Waals surface area contributed by atoms with Crippen molar-refractivity contribution in [3.8, 4) is 5.75 Å². The van der Waals surface area contributed by atoms with E-state index < -0.39 is 6.10 Å². The molecule has 3 rings (SSSR count). The maximum Gasteiger partial charge on any atom is 0.223 e. The number of rotatable bonds is 7. The van der Waals surface area contributed by atoms with Crippen LogP contribution in [-0.4, -0.2) is 28.6 Å². The summed E-state index contributed by atoms with van der Waals surface area (Å²) in [5, 5.41) is 13.2. The fourth-order valence-electron chi connectivity index (χ4n) is 2.96. The molecule has 1 aliphatic carbocycles.